The van der Waals surface area contributed by atoms with Gasteiger partial charge in [-0.3, -0.25) is 9.59 Å². The molecule has 0 saturated carbocycles. The minimum absolute atomic E-state index is 0.391. The lowest BCUT2D eigenvalue weighted by Gasteiger charge is -2.09. The van der Waals surface area contributed by atoms with Crippen LogP contribution in [-0.2, 0) is 0 Å². The molecule has 0 N–H and O–H groups in total. The summed E-state index contributed by atoms with van der Waals surface area (Å²) in [7, 11) is 0. The largest absolute Gasteiger partial charge is 0.309 e. The number of hydrogen-bond donors (Lipinski definition) is 0. The van der Waals surface area contributed by atoms with Crippen molar-refractivity contribution in [1.82, 2.24) is 24.1 Å². The number of benzene rings is 7. The zero-order chi connectivity index (χ0) is 36.2. The molecule has 3 aromatic heterocycles. The molecule has 0 aliphatic rings. The predicted octanol–water partition coefficient (Wildman–Crippen LogP) is 9.79. The molecule has 54 heavy (non-hydrogen) atoms. The Balaban J connectivity index is 1.19. The Morgan fingerprint density at radius 3 is 1.39 bits per heavy atom. The van der Waals surface area contributed by atoms with Gasteiger partial charge in [-0.25, -0.2) is 19.5 Å². The van der Waals surface area contributed by atoms with Gasteiger partial charge in [0.05, 0.1) is 16.7 Å². The molecule has 3 heterocycles. The van der Waals surface area contributed by atoms with Gasteiger partial charge in [0.25, 0.3) is 11.1 Å². The van der Waals surface area contributed by atoms with Crippen LogP contribution in [0.15, 0.2) is 186 Å². The highest BCUT2D eigenvalue weighted by Crippen LogP contribution is 2.35. The molecule has 7 heteroatoms. The first-order chi connectivity index (χ1) is 26.6. The fourth-order valence-electron chi connectivity index (χ4n) is 7.44. The third-order valence-corrected chi connectivity index (χ3v) is 9.99. The quantitative estimate of drug-likeness (QED) is 0.179. The molecule has 0 radical (unpaired) electrons. The number of rotatable bonds is 5. The van der Waals surface area contributed by atoms with Crippen molar-refractivity contribution < 1.29 is 0 Å². The van der Waals surface area contributed by atoms with Gasteiger partial charge in [-0.2, -0.15) is 0 Å². The maximum Gasteiger partial charge on any atom is 0.265 e. The maximum absolute atomic E-state index is 14.8. The van der Waals surface area contributed by atoms with E-state index in [4.69, 9.17) is 15.0 Å². The van der Waals surface area contributed by atoms with Gasteiger partial charge in [-0.1, -0.05) is 115 Å². The van der Waals surface area contributed by atoms with Crippen LogP contribution in [0.1, 0.15) is 0 Å². The highest BCUT2D eigenvalue weighted by atomic mass is 16.2. The van der Waals surface area contributed by atoms with Gasteiger partial charge in [0.15, 0.2) is 17.5 Å². The van der Waals surface area contributed by atoms with Crippen LogP contribution >= 0.6 is 0 Å². The SMILES string of the molecule is O=c1c2ccccc2c2cc3c(cc2c(=O)n1-c1ccc(-c2nc(-c4ccccc4)nc(-c4ccccc4)n2)cc1)c1ccccc1n3-c1ccccc1. The van der Waals surface area contributed by atoms with Crippen LogP contribution in [0.2, 0.25) is 0 Å². The Labute approximate surface area is 308 Å². The second kappa shape index (κ2) is 12.6. The van der Waals surface area contributed by atoms with Gasteiger partial charge in [0, 0.05) is 43.9 Å². The standard InChI is InChI=1S/C47H29N5O2/c53-46-37-22-11-10-20-35(37)38-29-42-39(36-21-12-13-23-41(36)51(42)33-18-8-3-9-19-33)28-40(38)47(54)52(46)34-26-24-32(25-27-34)45-49-43(30-14-4-1-5-15-30)48-44(50-45)31-16-6-2-7-17-31/h1-29H. The summed E-state index contributed by atoms with van der Waals surface area (Å²) >= 11 is 0. The fourth-order valence-corrected chi connectivity index (χ4v) is 7.44. The normalized spacial score (nSPS) is 11.5. The van der Waals surface area contributed by atoms with Crippen molar-refractivity contribution in [1.29, 1.82) is 0 Å². The molecule has 0 unspecified atom stereocenters. The summed E-state index contributed by atoms with van der Waals surface area (Å²) in [5, 5.41) is 4.29. The number of para-hydroxylation sites is 2. The lowest BCUT2D eigenvalue weighted by Crippen LogP contribution is -2.28. The monoisotopic (exact) mass is 695 g/mol. The van der Waals surface area contributed by atoms with Gasteiger partial charge < -0.3 is 4.57 Å². The highest BCUT2D eigenvalue weighted by molar-refractivity contribution is 6.17. The number of nitrogens with zero attached hydrogens (tertiary/aromatic N) is 5. The van der Waals surface area contributed by atoms with Crippen LogP contribution < -0.4 is 11.1 Å². The molecule has 0 amide bonds. The summed E-state index contributed by atoms with van der Waals surface area (Å²) in [5.41, 5.74) is 5.13. The Hall–Kier alpha value is -7.51. The number of hydrogen-bond acceptors (Lipinski definition) is 5. The van der Waals surface area contributed by atoms with Gasteiger partial charge in [0.1, 0.15) is 0 Å². The minimum atomic E-state index is -0.393. The lowest BCUT2D eigenvalue weighted by molar-refractivity contribution is 0.975. The summed E-state index contributed by atoms with van der Waals surface area (Å²) in [6.45, 7) is 0. The Morgan fingerprint density at radius 2 is 0.778 bits per heavy atom. The van der Waals surface area contributed by atoms with Gasteiger partial charge in [0.2, 0.25) is 0 Å². The van der Waals surface area contributed by atoms with E-state index in [1.807, 2.05) is 127 Å². The molecule has 0 bridgehead atoms. The van der Waals surface area contributed by atoms with Gasteiger partial charge >= 0.3 is 0 Å². The third kappa shape index (κ3) is 5.10. The van der Waals surface area contributed by atoms with Crippen molar-refractivity contribution in [3.63, 3.8) is 0 Å². The van der Waals surface area contributed by atoms with E-state index < -0.39 is 11.1 Å². The number of fused-ring (bicyclic) bond motifs is 6. The summed E-state index contributed by atoms with van der Waals surface area (Å²) < 4.78 is 3.50. The van der Waals surface area contributed by atoms with Crippen LogP contribution in [0.4, 0.5) is 0 Å². The zero-order valence-electron chi connectivity index (χ0n) is 28.8. The Bertz CT molecular complexity index is 3120. The molecule has 0 atom stereocenters. The number of aromatic nitrogens is 5. The van der Waals surface area contributed by atoms with Crippen molar-refractivity contribution in [2.75, 3.05) is 0 Å². The van der Waals surface area contributed by atoms with Crippen molar-refractivity contribution in [2.24, 2.45) is 0 Å². The molecule has 0 spiro atoms. The van der Waals surface area contributed by atoms with Crippen molar-refractivity contribution in [3.8, 4) is 45.5 Å². The van der Waals surface area contributed by atoms with E-state index >= 15 is 0 Å². The second-order valence-electron chi connectivity index (χ2n) is 13.2. The fraction of sp³-hybridized carbons (Fsp3) is 0. The van der Waals surface area contributed by atoms with E-state index in [2.05, 4.69) is 34.9 Å². The molecule has 254 valence electrons. The van der Waals surface area contributed by atoms with Crippen molar-refractivity contribution >= 4 is 43.4 Å². The molecule has 7 nitrogen and oxygen atoms in total. The summed E-state index contributed by atoms with van der Waals surface area (Å²) in [5.74, 6) is 1.58. The first kappa shape index (κ1) is 31.2. The molecule has 10 aromatic rings. The molecule has 7 aromatic carbocycles. The first-order valence-electron chi connectivity index (χ1n) is 17.7. The third-order valence-electron chi connectivity index (χ3n) is 9.99. The molecule has 0 aliphatic carbocycles. The highest BCUT2D eigenvalue weighted by Gasteiger charge is 2.19. The maximum atomic E-state index is 14.8. The molecule has 10 rings (SSSR count). The molecule has 0 fully saturated rings. The summed E-state index contributed by atoms with van der Waals surface area (Å²) in [6.07, 6.45) is 0. The van der Waals surface area contributed by atoms with Crippen LogP contribution in [0, 0.1) is 0 Å². The van der Waals surface area contributed by atoms with E-state index in [9.17, 15) is 9.59 Å². The van der Waals surface area contributed by atoms with Gasteiger partial charge in [-0.05, 0) is 71.4 Å². The molecular weight excluding hydrogens is 667 g/mol. The smallest absolute Gasteiger partial charge is 0.265 e. The van der Waals surface area contributed by atoms with Crippen molar-refractivity contribution in [2.45, 2.75) is 0 Å². The predicted molar refractivity (Wildman–Crippen MR) is 217 cm³/mol. The average molecular weight is 696 g/mol. The van der Waals surface area contributed by atoms with E-state index in [0.29, 0.717) is 44.7 Å². The van der Waals surface area contributed by atoms with Crippen LogP contribution in [-0.4, -0.2) is 24.1 Å². The van der Waals surface area contributed by atoms with Gasteiger partial charge in [-0.15, -0.1) is 0 Å². The van der Waals surface area contributed by atoms with E-state index in [-0.39, 0.29) is 0 Å². The van der Waals surface area contributed by atoms with Crippen LogP contribution in [0.25, 0.3) is 88.9 Å². The lowest BCUT2D eigenvalue weighted by atomic mass is 10.0. The molecule has 0 saturated heterocycles. The van der Waals surface area contributed by atoms with E-state index in [1.54, 1.807) is 18.2 Å². The summed E-state index contributed by atoms with van der Waals surface area (Å²) in [6, 6.07) is 56.7. The topological polar surface area (TPSA) is 82.7 Å². The van der Waals surface area contributed by atoms with E-state index in [1.165, 1.54) is 4.57 Å². The van der Waals surface area contributed by atoms with Crippen LogP contribution in [0.5, 0.6) is 0 Å². The van der Waals surface area contributed by atoms with Crippen LogP contribution in [0.3, 0.4) is 0 Å². The molecule has 0 aliphatic heterocycles. The Morgan fingerprint density at radius 1 is 0.315 bits per heavy atom. The second-order valence-corrected chi connectivity index (χ2v) is 13.2. The minimum Gasteiger partial charge on any atom is -0.309 e. The zero-order valence-corrected chi connectivity index (χ0v) is 28.8. The van der Waals surface area contributed by atoms with Crippen molar-refractivity contribution in [3.05, 3.63) is 197 Å². The summed E-state index contributed by atoms with van der Waals surface area (Å²) in [4.78, 5) is 43.8. The average Bonchev–Trinajstić information content (AvgIpc) is 3.53. The first-order valence-corrected chi connectivity index (χ1v) is 17.7. The van der Waals surface area contributed by atoms with E-state index in [0.717, 1.165) is 44.2 Å². The molecular formula is C47H29N5O2. The Kier molecular flexibility index (Phi) is 7.30.